The third kappa shape index (κ3) is 5.88. The average molecular weight is 442 g/mol. The van der Waals surface area contributed by atoms with Crippen molar-refractivity contribution < 1.29 is 28.3 Å². The van der Waals surface area contributed by atoms with Gasteiger partial charge in [0.15, 0.2) is 0 Å². The van der Waals surface area contributed by atoms with E-state index in [-0.39, 0.29) is 23.7 Å². The van der Waals surface area contributed by atoms with Gasteiger partial charge in [0.05, 0.1) is 5.56 Å². The van der Waals surface area contributed by atoms with Crippen LogP contribution in [0.4, 0.5) is 14.9 Å². The molecule has 0 radical (unpaired) electrons. The third-order valence-electron chi connectivity index (χ3n) is 4.25. The van der Waals surface area contributed by atoms with Crippen molar-refractivity contribution in [2.24, 2.45) is 5.73 Å². The quantitative estimate of drug-likeness (QED) is 0.523. The molecule has 0 aliphatic heterocycles. The molecule has 1 unspecified atom stereocenters. The van der Waals surface area contributed by atoms with Crippen molar-refractivity contribution in [3.05, 3.63) is 53.8 Å². The smallest absolute Gasteiger partial charge is 0.412 e. The number of nitrogens with two attached hydrogens (primary N) is 1. The van der Waals surface area contributed by atoms with Gasteiger partial charge in [-0.1, -0.05) is 11.2 Å². The van der Waals surface area contributed by atoms with E-state index in [4.69, 9.17) is 20.1 Å². The van der Waals surface area contributed by atoms with E-state index in [0.717, 1.165) is 0 Å². The molecule has 0 spiro atoms. The molecule has 10 heteroatoms. The van der Waals surface area contributed by atoms with Crippen molar-refractivity contribution >= 4 is 17.7 Å². The van der Waals surface area contributed by atoms with Crippen LogP contribution in [-0.2, 0) is 16.0 Å². The maximum absolute atomic E-state index is 14.5. The van der Waals surface area contributed by atoms with Crippen molar-refractivity contribution in [2.75, 3.05) is 5.32 Å². The largest absolute Gasteiger partial charge is 0.480 e. The second kappa shape index (κ2) is 9.15. The summed E-state index contributed by atoms with van der Waals surface area (Å²) in [6.45, 7) is 5.30. The molecule has 168 valence electrons. The monoisotopic (exact) mass is 442 g/mol. The molecule has 0 saturated carbocycles. The first-order valence-corrected chi connectivity index (χ1v) is 9.73. The summed E-state index contributed by atoms with van der Waals surface area (Å²) >= 11 is 0. The molecule has 0 aliphatic rings. The number of halogens is 1. The van der Waals surface area contributed by atoms with Crippen LogP contribution in [0.2, 0.25) is 0 Å². The normalized spacial score (nSPS) is 12.3. The highest BCUT2D eigenvalue weighted by molar-refractivity contribution is 5.85. The number of ether oxygens (including phenoxy) is 1. The first-order chi connectivity index (χ1) is 15.0. The summed E-state index contributed by atoms with van der Waals surface area (Å²) in [5, 5.41) is 15.3. The van der Waals surface area contributed by atoms with E-state index >= 15 is 0 Å². The molecule has 32 heavy (non-hydrogen) atoms. The summed E-state index contributed by atoms with van der Waals surface area (Å²) in [5.41, 5.74) is 6.52. The molecular weight excluding hydrogens is 419 g/mol. The molecular formula is C22H23FN4O5. The highest BCUT2D eigenvalue weighted by atomic mass is 19.1. The van der Waals surface area contributed by atoms with Crippen LogP contribution in [0.1, 0.15) is 26.3 Å². The Morgan fingerprint density at radius 2 is 1.91 bits per heavy atom. The number of nitrogens with one attached hydrogen (secondary N) is 1. The van der Waals surface area contributed by atoms with Gasteiger partial charge in [-0.3, -0.25) is 10.1 Å². The van der Waals surface area contributed by atoms with Gasteiger partial charge in [-0.05, 0) is 69.2 Å². The molecule has 0 bridgehead atoms. The molecule has 3 aromatic rings. The predicted octanol–water partition coefficient (Wildman–Crippen LogP) is 3.84. The molecule has 0 saturated heterocycles. The van der Waals surface area contributed by atoms with Crippen molar-refractivity contribution in [3.63, 3.8) is 0 Å². The lowest BCUT2D eigenvalue weighted by Gasteiger charge is -2.19. The Kier molecular flexibility index (Phi) is 6.54. The molecule has 0 fully saturated rings. The Labute approximate surface area is 183 Å². The second-order valence-electron chi connectivity index (χ2n) is 8.09. The molecule has 9 nitrogen and oxygen atoms in total. The fourth-order valence-electron chi connectivity index (χ4n) is 2.78. The highest BCUT2D eigenvalue weighted by Gasteiger charge is 2.18. The van der Waals surface area contributed by atoms with Crippen LogP contribution in [0.5, 0.6) is 0 Å². The van der Waals surface area contributed by atoms with E-state index in [1.807, 2.05) is 0 Å². The minimum atomic E-state index is -1.16. The first-order valence-electron chi connectivity index (χ1n) is 9.73. The fourth-order valence-corrected chi connectivity index (χ4v) is 2.78. The highest BCUT2D eigenvalue weighted by Crippen LogP contribution is 2.26. The van der Waals surface area contributed by atoms with E-state index in [9.17, 15) is 14.0 Å². The van der Waals surface area contributed by atoms with E-state index in [0.29, 0.717) is 16.8 Å². The van der Waals surface area contributed by atoms with Gasteiger partial charge < -0.3 is 20.1 Å². The Hall–Kier alpha value is -3.79. The van der Waals surface area contributed by atoms with Gasteiger partial charge >= 0.3 is 12.1 Å². The van der Waals surface area contributed by atoms with E-state index < -0.39 is 29.5 Å². The van der Waals surface area contributed by atoms with Gasteiger partial charge in [0.1, 0.15) is 17.5 Å². The van der Waals surface area contributed by atoms with E-state index in [1.165, 1.54) is 12.1 Å². The maximum Gasteiger partial charge on any atom is 0.412 e. The lowest BCUT2D eigenvalue weighted by atomic mass is 10.0. The SMILES string of the molecule is CC(C)(C)OC(=O)Nc1ccc(-c2nc(-c3ccc(CC(N)C(=O)O)cc3F)no2)cc1. The van der Waals surface area contributed by atoms with E-state index in [1.54, 1.807) is 51.1 Å². The van der Waals surface area contributed by atoms with Crippen LogP contribution in [0.3, 0.4) is 0 Å². The summed E-state index contributed by atoms with van der Waals surface area (Å²) in [5.74, 6) is -1.57. The zero-order valence-corrected chi connectivity index (χ0v) is 17.8. The molecule has 1 atom stereocenters. The van der Waals surface area contributed by atoms with Crippen molar-refractivity contribution in [1.82, 2.24) is 10.1 Å². The number of carbonyl (C=O) groups excluding carboxylic acids is 1. The molecule has 3 rings (SSSR count). The predicted molar refractivity (Wildman–Crippen MR) is 114 cm³/mol. The van der Waals surface area contributed by atoms with Crippen LogP contribution in [0.25, 0.3) is 22.8 Å². The number of hydrogen-bond donors (Lipinski definition) is 3. The fraction of sp³-hybridized carbons (Fsp3) is 0.273. The number of carbonyl (C=O) groups is 2. The third-order valence-corrected chi connectivity index (χ3v) is 4.25. The number of aromatic nitrogens is 2. The van der Waals surface area contributed by atoms with Crippen molar-refractivity contribution in [2.45, 2.75) is 38.8 Å². The maximum atomic E-state index is 14.5. The number of carboxylic acids is 1. The number of rotatable bonds is 6. The average Bonchev–Trinajstić information content (AvgIpc) is 3.17. The summed E-state index contributed by atoms with van der Waals surface area (Å²) < 4.78 is 25.0. The summed E-state index contributed by atoms with van der Waals surface area (Å²) in [6.07, 6.45) is -0.582. The minimum Gasteiger partial charge on any atom is -0.480 e. The molecule has 2 aromatic carbocycles. The zero-order chi connectivity index (χ0) is 23.5. The standard InChI is InChI=1S/C22H23FN4O5/c1-22(2,3)31-21(30)25-14-7-5-13(6-8-14)19-26-18(27-32-19)15-9-4-12(10-16(15)23)11-17(24)20(28)29/h4-10,17H,11,24H2,1-3H3,(H,25,30)(H,28,29). The van der Waals surface area contributed by atoms with Gasteiger partial charge in [-0.15, -0.1) is 0 Å². The van der Waals surface area contributed by atoms with Gasteiger partial charge in [-0.2, -0.15) is 4.98 Å². The van der Waals surface area contributed by atoms with E-state index in [2.05, 4.69) is 15.5 Å². The van der Waals surface area contributed by atoms with Crippen LogP contribution in [0, 0.1) is 5.82 Å². The topological polar surface area (TPSA) is 141 Å². The molecule has 1 aromatic heterocycles. The number of carboxylic acid groups (broad SMARTS) is 1. The molecule has 0 aliphatic carbocycles. The van der Waals surface area contributed by atoms with Crippen LogP contribution in [0.15, 0.2) is 47.0 Å². The van der Waals surface area contributed by atoms with Crippen molar-refractivity contribution in [1.29, 1.82) is 0 Å². The zero-order valence-electron chi connectivity index (χ0n) is 17.8. The minimum absolute atomic E-state index is 0.00624. The Balaban J connectivity index is 1.72. The lowest BCUT2D eigenvalue weighted by molar-refractivity contribution is -0.138. The number of benzene rings is 2. The first kappa shape index (κ1) is 22.9. The summed E-state index contributed by atoms with van der Waals surface area (Å²) in [7, 11) is 0. The molecule has 1 amide bonds. The van der Waals surface area contributed by atoms with Gasteiger partial charge in [-0.25, -0.2) is 9.18 Å². The molecule has 1 heterocycles. The lowest BCUT2D eigenvalue weighted by Crippen LogP contribution is -2.32. The van der Waals surface area contributed by atoms with Gasteiger partial charge in [0.25, 0.3) is 5.89 Å². The Bertz CT molecular complexity index is 1120. The second-order valence-corrected chi connectivity index (χ2v) is 8.09. The summed E-state index contributed by atoms with van der Waals surface area (Å²) in [4.78, 5) is 26.9. The summed E-state index contributed by atoms with van der Waals surface area (Å²) in [6, 6.07) is 9.70. The number of nitrogens with zero attached hydrogens (tertiary/aromatic N) is 2. The van der Waals surface area contributed by atoms with Crippen molar-refractivity contribution in [3.8, 4) is 22.8 Å². The van der Waals surface area contributed by atoms with Gasteiger partial charge in [0.2, 0.25) is 5.82 Å². The number of aliphatic carboxylic acids is 1. The Morgan fingerprint density at radius 1 is 1.22 bits per heavy atom. The van der Waals surface area contributed by atoms with Crippen LogP contribution < -0.4 is 11.1 Å². The van der Waals surface area contributed by atoms with Gasteiger partial charge in [0, 0.05) is 11.3 Å². The van der Waals surface area contributed by atoms with Crippen LogP contribution in [-0.4, -0.2) is 39.0 Å². The number of amides is 1. The Morgan fingerprint density at radius 3 is 2.50 bits per heavy atom. The molecule has 4 N–H and O–H groups in total. The van der Waals surface area contributed by atoms with Crippen LogP contribution >= 0.6 is 0 Å². The number of hydrogen-bond acceptors (Lipinski definition) is 7. The number of anilines is 1.